The van der Waals surface area contributed by atoms with E-state index in [9.17, 15) is 14.4 Å². The molecule has 2 aromatic carbocycles. The molecule has 144 valence electrons. The lowest BCUT2D eigenvalue weighted by Crippen LogP contribution is -2.54. The standard InChI is InChI=1S/C20H19N3O4S/c1-23-15-5-3-2-4-14(15)18(24)21-17(23)11-27-13-8-6-12(7-9-13)10-16-19(25)22-20(26)28-16/h2-9,16-17H,10-11H2,1H3,(H,21,24)(H,22,25,26). The predicted octanol–water partition coefficient (Wildman–Crippen LogP) is 2.17. The highest BCUT2D eigenvalue weighted by Crippen LogP contribution is 2.26. The molecule has 2 heterocycles. The van der Waals surface area contributed by atoms with Crippen LogP contribution in [0.15, 0.2) is 48.5 Å². The number of fused-ring (bicyclic) bond motifs is 1. The first-order valence-electron chi connectivity index (χ1n) is 8.87. The lowest BCUT2D eigenvalue weighted by Gasteiger charge is -2.35. The molecule has 2 N–H and O–H groups in total. The van der Waals surface area contributed by atoms with Crippen LogP contribution in [0.25, 0.3) is 0 Å². The van der Waals surface area contributed by atoms with E-state index in [1.165, 1.54) is 0 Å². The first-order chi connectivity index (χ1) is 13.5. The summed E-state index contributed by atoms with van der Waals surface area (Å²) in [6, 6.07) is 14.9. The third-order valence-corrected chi connectivity index (χ3v) is 5.79. The number of thioether (sulfide) groups is 1. The average molecular weight is 397 g/mol. The van der Waals surface area contributed by atoms with Gasteiger partial charge in [-0.15, -0.1) is 0 Å². The molecular formula is C20H19N3O4S. The Morgan fingerprint density at radius 2 is 1.82 bits per heavy atom. The summed E-state index contributed by atoms with van der Waals surface area (Å²) in [5.41, 5.74) is 2.47. The summed E-state index contributed by atoms with van der Waals surface area (Å²) >= 11 is 1.02. The minimum atomic E-state index is -0.384. The number of hydrogen-bond acceptors (Lipinski definition) is 6. The van der Waals surface area contributed by atoms with Gasteiger partial charge in [0.05, 0.1) is 16.5 Å². The highest BCUT2D eigenvalue weighted by Gasteiger charge is 2.31. The SMILES string of the molecule is CN1c2ccccc2C(=O)NC1COc1ccc(CC2SC(=O)NC2=O)cc1. The van der Waals surface area contributed by atoms with Crippen LogP contribution in [-0.2, 0) is 11.2 Å². The second-order valence-electron chi connectivity index (χ2n) is 6.66. The largest absolute Gasteiger partial charge is 0.489 e. The van der Waals surface area contributed by atoms with E-state index in [0.29, 0.717) is 24.3 Å². The van der Waals surface area contributed by atoms with Crippen molar-refractivity contribution < 1.29 is 19.1 Å². The van der Waals surface area contributed by atoms with Crippen molar-refractivity contribution in [1.29, 1.82) is 0 Å². The Hall–Kier alpha value is -3.00. The molecule has 0 saturated carbocycles. The van der Waals surface area contributed by atoms with E-state index in [2.05, 4.69) is 10.6 Å². The van der Waals surface area contributed by atoms with Crippen molar-refractivity contribution in [3.8, 4) is 5.75 Å². The van der Waals surface area contributed by atoms with Gasteiger partial charge < -0.3 is 15.0 Å². The van der Waals surface area contributed by atoms with Crippen molar-refractivity contribution in [2.75, 3.05) is 18.6 Å². The molecule has 2 aromatic rings. The molecule has 1 fully saturated rings. The van der Waals surface area contributed by atoms with Gasteiger partial charge in [0, 0.05) is 7.05 Å². The number of benzene rings is 2. The van der Waals surface area contributed by atoms with Gasteiger partial charge in [0.1, 0.15) is 18.5 Å². The molecule has 8 heteroatoms. The predicted molar refractivity (Wildman–Crippen MR) is 107 cm³/mol. The normalized spacial score (nSPS) is 21.2. The number of anilines is 1. The Labute approximate surface area is 166 Å². The number of rotatable bonds is 5. The molecule has 2 aliphatic rings. The molecule has 4 rings (SSSR count). The van der Waals surface area contributed by atoms with E-state index in [1.54, 1.807) is 6.07 Å². The Balaban J connectivity index is 1.36. The van der Waals surface area contributed by atoms with Gasteiger partial charge in [0.2, 0.25) is 5.91 Å². The third kappa shape index (κ3) is 3.68. The van der Waals surface area contributed by atoms with Crippen LogP contribution in [-0.4, -0.2) is 42.1 Å². The van der Waals surface area contributed by atoms with Gasteiger partial charge in [-0.2, -0.15) is 0 Å². The highest BCUT2D eigenvalue weighted by atomic mass is 32.2. The van der Waals surface area contributed by atoms with Crippen molar-refractivity contribution in [3.63, 3.8) is 0 Å². The second kappa shape index (κ2) is 7.55. The molecule has 2 aliphatic heterocycles. The maximum absolute atomic E-state index is 12.3. The Morgan fingerprint density at radius 3 is 2.54 bits per heavy atom. The van der Waals surface area contributed by atoms with Gasteiger partial charge in [-0.1, -0.05) is 36.0 Å². The molecule has 2 atom stereocenters. The minimum Gasteiger partial charge on any atom is -0.489 e. The molecule has 0 radical (unpaired) electrons. The van der Waals surface area contributed by atoms with E-state index in [0.717, 1.165) is 23.0 Å². The smallest absolute Gasteiger partial charge is 0.286 e. The Kier molecular flexibility index (Phi) is 4.95. The van der Waals surface area contributed by atoms with Crippen molar-refractivity contribution >= 4 is 34.5 Å². The number of carbonyl (C=O) groups is 3. The minimum absolute atomic E-state index is 0.112. The number of para-hydroxylation sites is 1. The quantitative estimate of drug-likeness (QED) is 0.804. The zero-order valence-electron chi connectivity index (χ0n) is 15.2. The molecule has 2 unspecified atom stereocenters. The zero-order chi connectivity index (χ0) is 19.7. The van der Waals surface area contributed by atoms with E-state index in [-0.39, 0.29) is 28.5 Å². The first-order valence-corrected chi connectivity index (χ1v) is 9.75. The Morgan fingerprint density at radius 1 is 1.07 bits per heavy atom. The maximum Gasteiger partial charge on any atom is 0.286 e. The fourth-order valence-corrected chi connectivity index (χ4v) is 4.12. The van der Waals surface area contributed by atoms with Crippen LogP contribution in [0.1, 0.15) is 15.9 Å². The zero-order valence-corrected chi connectivity index (χ0v) is 16.0. The van der Waals surface area contributed by atoms with Gasteiger partial charge in [-0.05, 0) is 36.2 Å². The van der Waals surface area contributed by atoms with Crippen LogP contribution in [0.2, 0.25) is 0 Å². The average Bonchev–Trinajstić information content (AvgIpc) is 3.01. The number of imide groups is 1. The van der Waals surface area contributed by atoms with Crippen molar-refractivity contribution in [3.05, 3.63) is 59.7 Å². The van der Waals surface area contributed by atoms with Crippen LogP contribution < -0.4 is 20.3 Å². The summed E-state index contributed by atoms with van der Waals surface area (Å²) in [5.74, 6) is 0.316. The van der Waals surface area contributed by atoms with Crippen molar-refractivity contribution in [2.45, 2.75) is 17.8 Å². The van der Waals surface area contributed by atoms with E-state index in [4.69, 9.17) is 4.74 Å². The van der Waals surface area contributed by atoms with Crippen LogP contribution in [0.5, 0.6) is 5.75 Å². The lowest BCUT2D eigenvalue weighted by atomic mass is 10.1. The van der Waals surface area contributed by atoms with Crippen molar-refractivity contribution in [2.24, 2.45) is 0 Å². The van der Waals surface area contributed by atoms with E-state index >= 15 is 0 Å². The first kappa shape index (κ1) is 18.4. The number of carbonyl (C=O) groups excluding carboxylic acids is 3. The van der Waals surface area contributed by atoms with Gasteiger partial charge >= 0.3 is 0 Å². The summed E-state index contributed by atoms with van der Waals surface area (Å²) in [7, 11) is 1.92. The number of nitrogens with zero attached hydrogens (tertiary/aromatic N) is 1. The number of amides is 3. The lowest BCUT2D eigenvalue weighted by molar-refractivity contribution is -0.118. The number of likely N-dealkylation sites (N-methyl/N-ethyl adjacent to an activating group) is 1. The summed E-state index contributed by atoms with van der Waals surface area (Å²) in [6.07, 6.45) is 0.215. The summed E-state index contributed by atoms with van der Waals surface area (Å²) in [5, 5.41) is 4.56. The molecule has 0 spiro atoms. The topological polar surface area (TPSA) is 87.7 Å². The third-order valence-electron chi connectivity index (χ3n) is 4.81. The van der Waals surface area contributed by atoms with Crippen LogP contribution in [0.4, 0.5) is 10.5 Å². The Bertz CT molecular complexity index is 931. The number of ether oxygens (including phenoxy) is 1. The van der Waals surface area contributed by atoms with Gasteiger partial charge in [0.15, 0.2) is 0 Å². The fraction of sp³-hybridized carbons (Fsp3) is 0.250. The van der Waals surface area contributed by atoms with Gasteiger partial charge in [-0.3, -0.25) is 19.7 Å². The van der Waals surface area contributed by atoms with E-state index < -0.39 is 0 Å². The van der Waals surface area contributed by atoms with Gasteiger partial charge in [0.25, 0.3) is 11.1 Å². The molecular weight excluding hydrogens is 378 g/mol. The molecule has 0 aromatic heterocycles. The molecule has 7 nitrogen and oxygen atoms in total. The summed E-state index contributed by atoms with van der Waals surface area (Å²) < 4.78 is 5.85. The maximum atomic E-state index is 12.3. The molecule has 0 bridgehead atoms. The number of hydrogen-bond donors (Lipinski definition) is 2. The van der Waals surface area contributed by atoms with Gasteiger partial charge in [-0.25, -0.2) is 0 Å². The van der Waals surface area contributed by atoms with Crippen molar-refractivity contribution in [1.82, 2.24) is 10.6 Å². The van der Waals surface area contributed by atoms with Crippen LogP contribution >= 0.6 is 11.8 Å². The monoisotopic (exact) mass is 397 g/mol. The van der Waals surface area contributed by atoms with Crippen LogP contribution in [0.3, 0.4) is 0 Å². The molecule has 3 amide bonds. The summed E-state index contributed by atoms with van der Waals surface area (Å²) in [6.45, 7) is 0.297. The fourth-order valence-electron chi connectivity index (χ4n) is 3.26. The number of nitrogens with one attached hydrogen (secondary N) is 2. The second-order valence-corrected chi connectivity index (χ2v) is 7.84. The molecule has 1 saturated heterocycles. The van der Waals surface area contributed by atoms with Crippen LogP contribution in [0, 0.1) is 0 Å². The summed E-state index contributed by atoms with van der Waals surface area (Å²) in [4.78, 5) is 37.2. The molecule has 28 heavy (non-hydrogen) atoms. The highest BCUT2D eigenvalue weighted by molar-refractivity contribution is 8.15. The molecule has 0 aliphatic carbocycles. The van der Waals surface area contributed by atoms with E-state index in [1.807, 2.05) is 54.4 Å².